The summed E-state index contributed by atoms with van der Waals surface area (Å²) in [6.45, 7) is 9.32. The molecule has 2 aliphatic carbocycles. The van der Waals surface area contributed by atoms with Crippen molar-refractivity contribution < 1.29 is 9.84 Å². The predicted molar refractivity (Wildman–Crippen MR) is 99.2 cm³/mol. The van der Waals surface area contributed by atoms with Crippen LogP contribution in [0.5, 0.6) is 5.75 Å². The van der Waals surface area contributed by atoms with Crippen molar-refractivity contribution in [2.24, 2.45) is 29.1 Å². The number of aryl methyl sites for hydroxylation is 1. The van der Waals surface area contributed by atoms with E-state index in [1.165, 1.54) is 32.1 Å². The molecule has 6 unspecified atom stereocenters. The second kappa shape index (κ2) is 6.71. The van der Waals surface area contributed by atoms with Crippen molar-refractivity contribution in [3.63, 3.8) is 0 Å². The van der Waals surface area contributed by atoms with Gasteiger partial charge in [-0.1, -0.05) is 46.1 Å². The summed E-state index contributed by atoms with van der Waals surface area (Å²) in [5, 5.41) is 11.4. The Morgan fingerprint density at radius 2 is 1.88 bits per heavy atom. The number of hydrogen-bond donors (Lipinski definition) is 1. The van der Waals surface area contributed by atoms with Gasteiger partial charge in [0.25, 0.3) is 0 Å². The Balaban J connectivity index is 1.97. The van der Waals surface area contributed by atoms with E-state index in [0.717, 1.165) is 28.7 Å². The number of ether oxygens (including phenoxy) is 1. The third-order valence-electron chi connectivity index (χ3n) is 7.21. The first kappa shape index (κ1) is 17.8. The molecule has 0 aliphatic heterocycles. The van der Waals surface area contributed by atoms with E-state index in [0.29, 0.717) is 11.8 Å². The summed E-state index contributed by atoms with van der Waals surface area (Å²) in [7, 11) is 1.70. The van der Waals surface area contributed by atoms with Crippen molar-refractivity contribution in [2.75, 3.05) is 7.11 Å². The van der Waals surface area contributed by atoms with Gasteiger partial charge in [0.1, 0.15) is 5.75 Å². The molecule has 2 nitrogen and oxygen atoms in total. The molecule has 24 heavy (non-hydrogen) atoms. The minimum atomic E-state index is -0.396. The smallest absolute Gasteiger partial charge is 0.119 e. The average molecular weight is 331 g/mol. The van der Waals surface area contributed by atoms with Crippen LogP contribution in [0, 0.1) is 36.0 Å². The van der Waals surface area contributed by atoms with Gasteiger partial charge in [-0.05, 0) is 72.1 Å². The molecule has 0 heterocycles. The van der Waals surface area contributed by atoms with Crippen LogP contribution in [0.25, 0.3) is 0 Å². The lowest BCUT2D eigenvalue weighted by Crippen LogP contribution is -2.49. The van der Waals surface area contributed by atoms with Gasteiger partial charge in [-0.2, -0.15) is 0 Å². The zero-order valence-corrected chi connectivity index (χ0v) is 16.0. The van der Waals surface area contributed by atoms with E-state index in [1.807, 2.05) is 12.1 Å². The van der Waals surface area contributed by atoms with Gasteiger partial charge in [0.15, 0.2) is 0 Å². The molecule has 0 amide bonds. The van der Waals surface area contributed by atoms with E-state index < -0.39 is 6.10 Å². The molecule has 0 radical (unpaired) electrons. The fourth-order valence-electron chi connectivity index (χ4n) is 6.09. The van der Waals surface area contributed by atoms with E-state index >= 15 is 0 Å². The molecule has 2 fully saturated rings. The summed E-state index contributed by atoms with van der Waals surface area (Å²) in [4.78, 5) is 0. The molecule has 2 saturated carbocycles. The summed E-state index contributed by atoms with van der Waals surface area (Å²) in [5.41, 5.74) is 2.44. The Labute approximate surface area is 147 Å². The zero-order chi connectivity index (χ0) is 17.5. The number of methoxy groups -OCH3 is 1. The van der Waals surface area contributed by atoms with Crippen molar-refractivity contribution in [3.05, 3.63) is 29.3 Å². The maximum absolute atomic E-state index is 11.4. The largest absolute Gasteiger partial charge is 0.497 e. The summed E-state index contributed by atoms with van der Waals surface area (Å²) in [6.07, 6.45) is 6.11. The number of fused-ring (bicyclic) bond motifs is 1. The molecule has 1 aromatic rings. The molecule has 0 spiro atoms. The Morgan fingerprint density at radius 3 is 2.58 bits per heavy atom. The highest BCUT2D eigenvalue weighted by atomic mass is 16.5. The Kier molecular flexibility index (Phi) is 4.97. The fraction of sp³-hybridized carbons (Fsp3) is 0.727. The number of aliphatic hydroxyl groups excluding tert-OH is 1. The first-order valence-electron chi connectivity index (χ1n) is 9.70. The van der Waals surface area contributed by atoms with Crippen LogP contribution in [-0.2, 0) is 0 Å². The normalized spacial score (nSPS) is 37.6. The van der Waals surface area contributed by atoms with Crippen molar-refractivity contribution in [1.82, 2.24) is 0 Å². The van der Waals surface area contributed by atoms with Gasteiger partial charge < -0.3 is 9.84 Å². The number of rotatable bonds is 3. The molecular weight excluding hydrogens is 296 g/mol. The highest BCUT2D eigenvalue weighted by Gasteiger charge is 2.52. The topological polar surface area (TPSA) is 29.5 Å². The SMILES string of the molecule is COc1cc(C)cc(C(O)C2C(C)CCC3C(C)CCCC32C)c1. The summed E-state index contributed by atoms with van der Waals surface area (Å²) in [6, 6.07) is 6.20. The number of hydrogen-bond acceptors (Lipinski definition) is 2. The highest BCUT2D eigenvalue weighted by Crippen LogP contribution is 2.60. The van der Waals surface area contributed by atoms with Crippen LogP contribution in [0.3, 0.4) is 0 Å². The van der Waals surface area contributed by atoms with E-state index in [2.05, 4.69) is 33.8 Å². The minimum Gasteiger partial charge on any atom is -0.497 e. The fourth-order valence-corrected chi connectivity index (χ4v) is 6.09. The third kappa shape index (κ3) is 2.98. The first-order chi connectivity index (χ1) is 11.4. The second-order valence-electron chi connectivity index (χ2n) is 8.79. The van der Waals surface area contributed by atoms with E-state index in [9.17, 15) is 5.11 Å². The minimum absolute atomic E-state index is 0.256. The van der Waals surface area contributed by atoms with Crippen molar-refractivity contribution in [3.8, 4) is 5.75 Å². The van der Waals surface area contributed by atoms with E-state index in [-0.39, 0.29) is 5.41 Å². The summed E-state index contributed by atoms with van der Waals surface area (Å²) in [5.74, 6) is 3.31. The van der Waals surface area contributed by atoms with Gasteiger partial charge >= 0.3 is 0 Å². The maximum atomic E-state index is 11.4. The molecule has 2 heteroatoms. The summed E-state index contributed by atoms with van der Waals surface area (Å²) >= 11 is 0. The summed E-state index contributed by atoms with van der Waals surface area (Å²) < 4.78 is 5.44. The van der Waals surface area contributed by atoms with Crippen molar-refractivity contribution in [2.45, 2.75) is 65.9 Å². The monoisotopic (exact) mass is 330 g/mol. The van der Waals surface area contributed by atoms with Gasteiger partial charge in [-0.3, -0.25) is 0 Å². The molecular formula is C22H34O2. The van der Waals surface area contributed by atoms with Crippen LogP contribution in [0.1, 0.15) is 70.1 Å². The molecule has 0 aromatic heterocycles. The molecule has 6 atom stereocenters. The Bertz CT molecular complexity index is 581. The average Bonchev–Trinajstić information content (AvgIpc) is 2.53. The van der Waals surface area contributed by atoms with Gasteiger partial charge in [0, 0.05) is 0 Å². The van der Waals surface area contributed by atoms with Gasteiger partial charge in [0.05, 0.1) is 13.2 Å². The molecule has 3 rings (SSSR count). The van der Waals surface area contributed by atoms with Crippen LogP contribution in [0.4, 0.5) is 0 Å². The lowest BCUT2D eigenvalue weighted by molar-refractivity contribution is -0.110. The van der Waals surface area contributed by atoms with Gasteiger partial charge in [-0.25, -0.2) is 0 Å². The van der Waals surface area contributed by atoms with Crippen LogP contribution < -0.4 is 4.74 Å². The van der Waals surface area contributed by atoms with Crippen molar-refractivity contribution >= 4 is 0 Å². The first-order valence-corrected chi connectivity index (χ1v) is 9.70. The molecule has 1 aromatic carbocycles. The van der Waals surface area contributed by atoms with Crippen LogP contribution in [0.15, 0.2) is 18.2 Å². The van der Waals surface area contributed by atoms with Gasteiger partial charge in [0.2, 0.25) is 0 Å². The number of benzene rings is 1. The maximum Gasteiger partial charge on any atom is 0.119 e. The van der Waals surface area contributed by atoms with Crippen LogP contribution >= 0.6 is 0 Å². The predicted octanol–water partition coefficient (Wildman–Crippen LogP) is 5.53. The van der Waals surface area contributed by atoms with Gasteiger partial charge in [-0.15, -0.1) is 0 Å². The molecule has 0 saturated heterocycles. The van der Waals surface area contributed by atoms with Crippen LogP contribution in [0.2, 0.25) is 0 Å². The Hall–Kier alpha value is -1.02. The van der Waals surface area contributed by atoms with E-state index in [1.54, 1.807) is 7.11 Å². The Morgan fingerprint density at radius 1 is 1.12 bits per heavy atom. The quantitative estimate of drug-likeness (QED) is 0.790. The van der Waals surface area contributed by atoms with Crippen molar-refractivity contribution in [1.29, 1.82) is 0 Å². The number of aliphatic hydroxyl groups is 1. The molecule has 2 aliphatic rings. The van der Waals surface area contributed by atoms with E-state index in [4.69, 9.17) is 4.74 Å². The highest BCUT2D eigenvalue weighted by molar-refractivity contribution is 5.35. The third-order valence-corrected chi connectivity index (χ3v) is 7.21. The molecule has 134 valence electrons. The zero-order valence-electron chi connectivity index (χ0n) is 16.0. The second-order valence-corrected chi connectivity index (χ2v) is 8.79. The standard InChI is InChI=1S/C22H34O2/c1-14-11-17(13-18(12-14)24-5)21(23)20-16(3)8-9-19-15(2)7-6-10-22(19,20)4/h11-13,15-16,19-21,23H,6-10H2,1-5H3. The van der Waals surface area contributed by atoms with Crippen LogP contribution in [-0.4, -0.2) is 12.2 Å². The molecule has 1 N–H and O–H groups in total. The lowest BCUT2D eigenvalue weighted by atomic mass is 9.49. The lowest BCUT2D eigenvalue weighted by Gasteiger charge is -2.56. The molecule has 0 bridgehead atoms.